The Bertz CT molecular complexity index is 836. The predicted molar refractivity (Wildman–Crippen MR) is 91.6 cm³/mol. The second kappa shape index (κ2) is 8.98. The zero-order valence-corrected chi connectivity index (χ0v) is 14.8. The minimum Gasteiger partial charge on any atom is -0.493 e. The molecule has 0 bridgehead atoms. The van der Waals surface area contributed by atoms with Crippen molar-refractivity contribution in [3.63, 3.8) is 0 Å². The van der Waals surface area contributed by atoms with Gasteiger partial charge in [0.1, 0.15) is 5.75 Å². The van der Waals surface area contributed by atoms with Crippen LogP contribution in [0.5, 0.6) is 17.2 Å². The first-order chi connectivity index (χ1) is 13.2. The predicted octanol–water partition coefficient (Wildman–Crippen LogP) is 3.40. The molecule has 0 aromatic heterocycles. The largest absolute Gasteiger partial charge is 0.573 e. The first-order valence-corrected chi connectivity index (χ1v) is 7.76. The Labute approximate surface area is 158 Å². The molecular formula is C18H16F3NO6. The van der Waals surface area contributed by atoms with Crippen molar-refractivity contribution in [1.82, 2.24) is 0 Å². The number of ether oxygens (including phenoxy) is 4. The van der Waals surface area contributed by atoms with Gasteiger partial charge in [0.2, 0.25) is 0 Å². The quantitative estimate of drug-likeness (QED) is 0.719. The maximum absolute atomic E-state index is 12.1. The standard InChI is InChI=1S/C18H16F3NO6/c1-25-14-8-5-12(9-15(14)26-2)22-16(23)10-27-17(24)11-3-6-13(7-4-11)28-18(19,20)21/h3-9H,10H2,1-2H3,(H,22,23). The molecule has 0 radical (unpaired) electrons. The number of halogens is 3. The Morgan fingerprint density at radius 2 is 1.61 bits per heavy atom. The molecule has 0 fully saturated rings. The number of benzene rings is 2. The molecule has 7 nitrogen and oxygen atoms in total. The van der Waals surface area contributed by atoms with Crippen molar-refractivity contribution in [2.24, 2.45) is 0 Å². The van der Waals surface area contributed by atoms with E-state index in [1.807, 2.05) is 0 Å². The zero-order chi connectivity index (χ0) is 20.7. The summed E-state index contributed by atoms with van der Waals surface area (Å²) in [7, 11) is 2.91. The SMILES string of the molecule is COc1ccc(NC(=O)COC(=O)c2ccc(OC(F)(F)F)cc2)cc1OC. The molecule has 0 heterocycles. The molecule has 0 atom stereocenters. The molecule has 0 spiro atoms. The van der Waals surface area contributed by atoms with Crippen LogP contribution in [0.25, 0.3) is 0 Å². The minimum atomic E-state index is -4.83. The van der Waals surface area contributed by atoms with Gasteiger partial charge in [-0.15, -0.1) is 13.2 Å². The fourth-order valence-electron chi connectivity index (χ4n) is 2.12. The molecule has 2 rings (SSSR count). The molecule has 0 unspecified atom stereocenters. The lowest BCUT2D eigenvalue weighted by molar-refractivity contribution is -0.274. The van der Waals surface area contributed by atoms with Crippen LogP contribution in [0.3, 0.4) is 0 Å². The summed E-state index contributed by atoms with van der Waals surface area (Å²) in [5, 5.41) is 2.51. The summed E-state index contributed by atoms with van der Waals surface area (Å²) in [6.07, 6.45) is -4.83. The van der Waals surface area contributed by atoms with Gasteiger partial charge < -0.3 is 24.3 Å². The summed E-state index contributed by atoms with van der Waals surface area (Å²) in [6.45, 7) is -0.589. The van der Waals surface area contributed by atoms with Gasteiger partial charge in [-0.3, -0.25) is 4.79 Å². The maximum Gasteiger partial charge on any atom is 0.573 e. The smallest absolute Gasteiger partial charge is 0.493 e. The minimum absolute atomic E-state index is 0.0339. The summed E-state index contributed by atoms with van der Waals surface area (Å²) in [5.41, 5.74) is 0.362. The summed E-state index contributed by atoms with van der Waals surface area (Å²) < 4.78 is 55.0. The lowest BCUT2D eigenvalue weighted by atomic mass is 10.2. The Kier molecular flexibility index (Phi) is 6.69. The average molecular weight is 399 g/mol. The van der Waals surface area contributed by atoms with E-state index in [1.165, 1.54) is 20.3 Å². The van der Waals surface area contributed by atoms with Crippen LogP contribution in [0.4, 0.5) is 18.9 Å². The van der Waals surface area contributed by atoms with Crippen molar-refractivity contribution >= 4 is 17.6 Å². The van der Waals surface area contributed by atoms with Gasteiger partial charge in [-0.25, -0.2) is 4.79 Å². The van der Waals surface area contributed by atoms with E-state index in [-0.39, 0.29) is 5.56 Å². The third kappa shape index (κ3) is 6.08. The van der Waals surface area contributed by atoms with Gasteiger partial charge in [-0.05, 0) is 36.4 Å². The number of carbonyl (C=O) groups is 2. The highest BCUT2D eigenvalue weighted by Gasteiger charge is 2.31. The van der Waals surface area contributed by atoms with Crippen molar-refractivity contribution in [1.29, 1.82) is 0 Å². The van der Waals surface area contributed by atoms with Crippen molar-refractivity contribution in [2.75, 3.05) is 26.1 Å². The zero-order valence-electron chi connectivity index (χ0n) is 14.8. The van der Waals surface area contributed by atoms with E-state index < -0.39 is 30.6 Å². The van der Waals surface area contributed by atoms with Crippen LogP contribution in [0.15, 0.2) is 42.5 Å². The van der Waals surface area contributed by atoms with Crippen molar-refractivity contribution in [3.8, 4) is 17.2 Å². The molecule has 2 aromatic rings. The normalized spacial score (nSPS) is 10.8. The second-order valence-electron chi connectivity index (χ2n) is 5.27. The van der Waals surface area contributed by atoms with E-state index >= 15 is 0 Å². The maximum atomic E-state index is 12.1. The van der Waals surface area contributed by atoms with Gasteiger partial charge in [0.15, 0.2) is 18.1 Å². The molecule has 0 saturated carbocycles. The fourth-order valence-corrected chi connectivity index (χ4v) is 2.12. The molecule has 0 saturated heterocycles. The van der Waals surface area contributed by atoms with Crippen LogP contribution in [-0.2, 0) is 9.53 Å². The van der Waals surface area contributed by atoms with E-state index in [4.69, 9.17) is 14.2 Å². The third-order valence-electron chi connectivity index (χ3n) is 3.33. The van der Waals surface area contributed by atoms with Gasteiger partial charge in [0.05, 0.1) is 19.8 Å². The Balaban J connectivity index is 1.89. The number of carbonyl (C=O) groups excluding carboxylic acids is 2. The highest BCUT2D eigenvalue weighted by molar-refractivity contribution is 5.95. The molecule has 2 aromatic carbocycles. The number of rotatable bonds is 7. The highest BCUT2D eigenvalue weighted by atomic mass is 19.4. The molecule has 28 heavy (non-hydrogen) atoms. The molecule has 1 amide bonds. The van der Waals surface area contributed by atoms with Gasteiger partial charge in [0.25, 0.3) is 5.91 Å². The van der Waals surface area contributed by atoms with E-state index in [2.05, 4.69) is 10.1 Å². The topological polar surface area (TPSA) is 83.1 Å². The van der Waals surface area contributed by atoms with Crippen LogP contribution >= 0.6 is 0 Å². The van der Waals surface area contributed by atoms with Gasteiger partial charge in [0, 0.05) is 11.8 Å². The van der Waals surface area contributed by atoms with Crippen LogP contribution in [0.1, 0.15) is 10.4 Å². The van der Waals surface area contributed by atoms with E-state index in [0.717, 1.165) is 24.3 Å². The summed E-state index contributed by atoms with van der Waals surface area (Å²) >= 11 is 0. The van der Waals surface area contributed by atoms with E-state index in [0.29, 0.717) is 17.2 Å². The number of hydrogen-bond acceptors (Lipinski definition) is 6. The molecule has 150 valence electrons. The Morgan fingerprint density at radius 3 is 2.18 bits per heavy atom. The van der Waals surface area contributed by atoms with Gasteiger partial charge in [-0.1, -0.05) is 0 Å². The number of anilines is 1. The second-order valence-corrected chi connectivity index (χ2v) is 5.27. The summed E-state index contributed by atoms with van der Waals surface area (Å²) in [4.78, 5) is 23.8. The van der Waals surface area contributed by atoms with Crippen LogP contribution in [-0.4, -0.2) is 39.1 Å². The lowest BCUT2D eigenvalue weighted by Crippen LogP contribution is -2.21. The van der Waals surface area contributed by atoms with Crippen LogP contribution < -0.4 is 19.5 Å². The molecule has 1 N–H and O–H groups in total. The monoisotopic (exact) mass is 399 g/mol. The van der Waals surface area contributed by atoms with E-state index in [9.17, 15) is 22.8 Å². The highest BCUT2D eigenvalue weighted by Crippen LogP contribution is 2.29. The number of esters is 1. The number of hydrogen-bond donors (Lipinski definition) is 1. The fraction of sp³-hybridized carbons (Fsp3) is 0.222. The first-order valence-electron chi connectivity index (χ1n) is 7.76. The Hall–Kier alpha value is -3.43. The number of alkyl halides is 3. The van der Waals surface area contributed by atoms with Crippen molar-refractivity contribution < 1.29 is 41.7 Å². The van der Waals surface area contributed by atoms with E-state index in [1.54, 1.807) is 12.1 Å². The first kappa shape index (κ1) is 20.9. The van der Waals surface area contributed by atoms with Crippen LogP contribution in [0, 0.1) is 0 Å². The molecule has 0 aliphatic carbocycles. The van der Waals surface area contributed by atoms with Crippen molar-refractivity contribution in [2.45, 2.75) is 6.36 Å². The third-order valence-corrected chi connectivity index (χ3v) is 3.33. The summed E-state index contributed by atoms with van der Waals surface area (Å²) in [5.74, 6) is -1.09. The lowest BCUT2D eigenvalue weighted by Gasteiger charge is -2.11. The van der Waals surface area contributed by atoms with Crippen molar-refractivity contribution in [3.05, 3.63) is 48.0 Å². The summed E-state index contributed by atoms with van der Waals surface area (Å²) in [6, 6.07) is 8.80. The Morgan fingerprint density at radius 1 is 0.964 bits per heavy atom. The number of methoxy groups -OCH3 is 2. The molecule has 10 heteroatoms. The van der Waals surface area contributed by atoms with Crippen LogP contribution in [0.2, 0.25) is 0 Å². The molecule has 0 aliphatic rings. The number of nitrogens with one attached hydrogen (secondary N) is 1. The molecule has 0 aliphatic heterocycles. The number of amides is 1. The van der Waals surface area contributed by atoms with Gasteiger partial charge in [-0.2, -0.15) is 0 Å². The van der Waals surface area contributed by atoms with Gasteiger partial charge >= 0.3 is 12.3 Å². The average Bonchev–Trinajstić information content (AvgIpc) is 2.65. The molecular weight excluding hydrogens is 383 g/mol.